The van der Waals surface area contributed by atoms with E-state index < -0.39 is 0 Å². The number of carbonyl (C=O) groups is 1. The Morgan fingerprint density at radius 1 is 1.37 bits per heavy atom. The molecule has 0 saturated carbocycles. The highest BCUT2D eigenvalue weighted by atomic mass is 32.1. The van der Waals surface area contributed by atoms with E-state index >= 15 is 0 Å². The van der Waals surface area contributed by atoms with Crippen LogP contribution < -0.4 is 10.6 Å². The fraction of sp³-hybridized carbons (Fsp3) is 0.286. The van der Waals surface area contributed by atoms with E-state index in [0.29, 0.717) is 12.2 Å². The summed E-state index contributed by atoms with van der Waals surface area (Å²) in [5.74, 6) is -0.152. The lowest BCUT2D eigenvalue weighted by molar-refractivity contribution is 0.0946. The molecule has 2 rings (SSSR count). The number of amides is 1. The number of thiophene rings is 1. The monoisotopic (exact) mass is 275 g/mol. The number of aryl methyl sites for hydroxylation is 2. The molecule has 2 heterocycles. The fourth-order valence-electron chi connectivity index (χ4n) is 1.71. The first-order valence-electron chi connectivity index (χ1n) is 6.08. The number of pyridine rings is 1. The third-order valence-electron chi connectivity index (χ3n) is 2.92. The zero-order chi connectivity index (χ0) is 13.8. The Morgan fingerprint density at radius 3 is 2.79 bits per heavy atom. The third-order valence-corrected chi connectivity index (χ3v) is 4.07. The lowest BCUT2D eigenvalue weighted by Crippen LogP contribution is -2.23. The molecule has 100 valence electrons. The normalized spacial score (nSPS) is 10.3. The van der Waals surface area contributed by atoms with Gasteiger partial charge in [0.15, 0.2) is 0 Å². The number of hydrogen-bond acceptors (Lipinski definition) is 4. The summed E-state index contributed by atoms with van der Waals surface area (Å²) >= 11 is 1.71. The van der Waals surface area contributed by atoms with Crippen LogP contribution in [0.2, 0.25) is 0 Å². The second-order valence-corrected chi connectivity index (χ2v) is 5.66. The molecule has 0 aliphatic rings. The van der Waals surface area contributed by atoms with Gasteiger partial charge in [-0.3, -0.25) is 9.78 Å². The van der Waals surface area contributed by atoms with Gasteiger partial charge in [-0.05, 0) is 37.6 Å². The Labute approximate surface area is 116 Å². The van der Waals surface area contributed by atoms with Gasteiger partial charge in [-0.15, -0.1) is 11.3 Å². The highest BCUT2D eigenvalue weighted by molar-refractivity contribution is 7.12. The molecule has 2 aromatic heterocycles. The van der Waals surface area contributed by atoms with Crippen molar-refractivity contribution in [2.24, 2.45) is 0 Å². The van der Waals surface area contributed by atoms with Gasteiger partial charge in [-0.2, -0.15) is 0 Å². The number of aromatic nitrogens is 1. The van der Waals surface area contributed by atoms with Crippen molar-refractivity contribution in [3.05, 3.63) is 45.4 Å². The molecule has 4 nitrogen and oxygen atoms in total. The van der Waals surface area contributed by atoms with Crippen LogP contribution in [0.15, 0.2) is 24.4 Å². The van der Waals surface area contributed by atoms with Gasteiger partial charge in [0.05, 0.1) is 6.54 Å². The van der Waals surface area contributed by atoms with E-state index in [-0.39, 0.29) is 5.91 Å². The molecule has 0 fully saturated rings. The van der Waals surface area contributed by atoms with Crippen LogP contribution in [-0.4, -0.2) is 17.9 Å². The standard InChI is InChI=1S/C14H17N3OS/c1-9-6-12(19-10(9)2)8-17-14(18)13-7-11(15-3)4-5-16-13/h4-7H,8H2,1-3H3,(H,15,16)(H,17,18). The first-order valence-corrected chi connectivity index (χ1v) is 6.89. The number of hydrogen-bond donors (Lipinski definition) is 2. The molecule has 0 spiro atoms. The Morgan fingerprint density at radius 2 is 2.16 bits per heavy atom. The summed E-state index contributed by atoms with van der Waals surface area (Å²) in [4.78, 5) is 18.5. The van der Waals surface area contributed by atoms with E-state index in [1.165, 1.54) is 10.4 Å². The summed E-state index contributed by atoms with van der Waals surface area (Å²) in [6, 6.07) is 5.67. The molecular weight excluding hydrogens is 258 g/mol. The maximum Gasteiger partial charge on any atom is 0.270 e. The maximum absolute atomic E-state index is 12.0. The van der Waals surface area contributed by atoms with Gasteiger partial charge in [0, 0.05) is 28.7 Å². The van der Waals surface area contributed by atoms with E-state index in [0.717, 1.165) is 10.6 Å². The summed E-state index contributed by atoms with van der Waals surface area (Å²) in [6.45, 7) is 4.71. The molecule has 0 atom stereocenters. The smallest absolute Gasteiger partial charge is 0.270 e. The Bertz CT molecular complexity index is 573. The second kappa shape index (κ2) is 5.84. The lowest BCUT2D eigenvalue weighted by atomic mass is 10.2. The van der Waals surface area contributed by atoms with Gasteiger partial charge in [0.1, 0.15) is 5.69 Å². The minimum atomic E-state index is -0.152. The van der Waals surface area contributed by atoms with Crippen LogP contribution in [0, 0.1) is 13.8 Å². The average molecular weight is 275 g/mol. The van der Waals surface area contributed by atoms with E-state index in [2.05, 4.69) is 35.5 Å². The number of nitrogens with one attached hydrogen (secondary N) is 2. The molecule has 0 saturated heterocycles. The quantitative estimate of drug-likeness (QED) is 0.902. The summed E-state index contributed by atoms with van der Waals surface area (Å²) in [6.07, 6.45) is 1.63. The van der Waals surface area contributed by atoms with Gasteiger partial charge in [0.25, 0.3) is 5.91 Å². The van der Waals surface area contributed by atoms with Gasteiger partial charge >= 0.3 is 0 Å². The van der Waals surface area contributed by atoms with Crippen molar-refractivity contribution < 1.29 is 4.79 Å². The zero-order valence-corrected chi connectivity index (χ0v) is 12.1. The summed E-state index contributed by atoms with van der Waals surface area (Å²) in [5.41, 5.74) is 2.57. The predicted octanol–water partition coefficient (Wildman–Crippen LogP) is 2.73. The molecule has 1 amide bonds. The molecule has 0 radical (unpaired) electrons. The molecule has 0 bridgehead atoms. The summed E-state index contributed by atoms with van der Waals surface area (Å²) in [7, 11) is 1.81. The van der Waals surface area contributed by atoms with Crippen molar-refractivity contribution in [3.63, 3.8) is 0 Å². The number of anilines is 1. The maximum atomic E-state index is 12.0. The SMILES string of the molecule is CNc1ccnc(C(=O)NCc2cc(C)c(C)s2)c1. The molecule has 5 heteroatoms. The number of rotatable bonds is 4. The average Bonchev–Trinajstić information content (AvgIpc) is 2.75. The van der Waals surface area contributed by atoms with Crippen LogP contribution in [0.1, 0.15) is 25.8 Å². The second-order valence-electron chi connectivity index (χ2n) is 4.31. The highest BCUT2D eigenvalue weighted by Crippen LogP contribution is 2.20. The van der Waals surface area contributed by atoms with Gasteiger partial charge < -0.3 is 10.6 Å². The fourth-order valence-corrected chi connectivity index (χ4v) is 2.70. The van der Waals surface area contributed by atoms with E-state index in [4.69, 9.17) is 0 Å². The molecule has 0 aliphatic carbocycles. The van der Waals surface area contributed by atoms with Crippen molar-refractivity contribution in [1.82, 2.24) is 10.3 Å². The van der Waals surface area contributed by atoms with Crippen LogP contribution in [-0.2, 0) is 6.54 Å². The molecule has 0 unspecified atom stereocenters. The highest BCUT2D eigenvalue weighted by Gasteiger charge is 2.08. The molecule has 0 aliphatic heterocycles. The largest absolute Gasteiger partial charge is 0.388 e. The first-order chi connectivity index (χ1) is 9.10. The number of nitrogens with zero attached hydrogens (tertiary/aromatic N) is 1. The zero-order valence-electron chi connectivity index (χ0n) is 11.3. The number of carbonyl (C=O) groups excluding carboxylic acids is 1. The topological polar surface area (TPSA) is 54.0 Å². The molecular formula is C14H17N3OS. The van der Waals surface area contributed by atoms with E-state index in [1.54, 1.807) is 23.6 Å². The molecule has 2 aromatic rings. The molecule has 19 heavy (non-hydrogen) atoms. The summed E-state index contributed by atoms with van der Waals surface area (Å²) in [5, 5.41) is 5.88. The van der Waals surface area contributed by atoms with Crippen molar-refractivity contribution in [1.29, 1.82) is 0 Å². The van der Waals surface area contributed by atoms with E-state index in [9.17, 15) is 4.79 Å². The predicted molar refractivity (Wildman–Crippen MR) is 78.7 cm³/mol. The lowest BCUT2D eigenvalue weighted by Gasteiger charge is -2.05. The van der Waals surface area contributed by atoms with Crippen molar-refractivity contribution in [3.8, 4) is 0 Å². The molecule has 0 aromatic carbocycles. The van der Waals surface area contributed by atoms with Crippen LogP contribution in [0.3, 0.4) is 0 Å². The van der Waals surface area contributed by atoms with Crippen molar-refractivity contribution >= 4 is 22.9 Å². The Kier molecular flexibility index (Phi) is 4.16. The van der Waals surface area contributed by atoms with Crippen molar-refractivity contribution in [2.75, 3.05) is 12.4 Å². The Balaban J connectivity index is 2.00. The van der Waals surface area contributed by atoms with Gasteiger partial charge in [-0.1, -0.05) is 0 Å². The van der Waals surface area contributed by atoms with Crippen LogP contribution in [0.4, 0.5) is 5.69 Å². The minimum absolute atomic E-state index is 0.152. The van der Waals surface area contributed by atoms with Crippen LogP contribution in [0.25, 0.3) is 0 Å². The minimum Gasteiger partial charge on any atom is -0.388 e. The third kappa shape index (κ3) is 3.32. The van der Waals surface area contributed by atoms with Crippen molar-refractivity contribution in [2.45, 2.75) is 20.4 Å². The van der Waals surface area contributed by atoms with Crippen LogP contribution >= 0.6 is 11.3 Å². The summed E-state index contributed by atoms with van der Waals surface area (Å²) < 4.78 is 0. The first kappa shape index (κ1) is 13.5. The van der Waals surface area contributed by atoms with Gasteiger partial charge in [0.2, 0.25) is 0 Å². The molecule has 2 N–H and O–H groups in total. The van der Waals surface area contributed by atoms with E-state index in [1.807, 2.05) is 13.1 Å². The van der Waals surface area contributed by atoms with Crippen LogP contribution in [0.5, 0.6) is 0 Å². The Hall–Kier alpha value is -1.88. The van der Waals surface area contributed by atoms with Gasteiger partial charge in [-0.25, -0.2) is 0 Å².